The first-order valence-corrected chi connectivity index (χ1v) is 14.7. The molecule has 12 heteroatoms. The van der Waals surface area contributed by atoms with Gasteiger partial charge in [0.2, 0.25) is 35.1 Å². The molecule has 242 valence electrons. The molecule has 0 unspecified atom stereocenters. The highest BCUT2D eigenvalue weighted by molar-refractivity contribution is 6.19. The Bertz CT molecular complexity index is 2030. The van der Waals surface area contributed by atoms with E-state index in [1.165, 1.54) is 0 Å². The molecule has 0 atom stereocenters. The van der Waals surface area contributed by atoms with Crippen LogP contribution in [0.4, 0.5) is 0 Å². The minimum Gasteiger partial charge on any atom is -0.493 e. The quantitative estimate of drug-likeness (QED) is 0.136. The molecule has 0 bridgehead atoms. The summed E-state index contributed by atoms with van der Waals surface area (Å²) in [5, 5.41) is 21.2. The van der Waals surface area contributed by atoms with E-state index in [9.17, 15) is 0 Å². The third-order valence-corrected chi connectivity index (χ3v) is 8.03. The number of benzene rings is 5. The summed E-state index contributed by atoms with van der Waals surface area (Å²) in [4.78, 5) is 0. The van der Waals surface area contributed by atoms with Gasteiger partial charge in [0, 0.05) is 11.1 Å². The normalized spacial score (nSPS) is 11.1. The van der Waals surface area contributed by atoms with Crippen molar-refractivity contribution in [2.45, 2.75) is 0 Å². The van der Waals surface area contributed by atoms with Gasteiger partial charge in [-0.1, -0.05) is 48.5 Å². The van der Waals surface area contributed by atoms with E-state index in [1.807, 2.05) is 48.5 Å². The van der Waals surface area contributed by atoms with Crippen molar-refractivity contribution in [1.29, 1.82) is 0 Å². The average Bonchev–Trinajstić information content (AvgIpc) is 3.83. The molecule has 0 radical (unpaired) electrons. The lowest BCUT2D eigenvalue weighted by atomic mass is 9.91. The molecule has 0 saturated carbocycles. The van der Waals surface area contributed by atoms with Crippen LogP contribution in [0.2, 0.25) is 0 Å². The molecule has 7 rings (SSSR count). The first-order chi connectivity index (χ1) is 23.5. The topological polar surface area (TPSA) is 133 Å². The second-order valence-corrected chi connectivity index (χ2v) is 10.5. The van der Waals surface area contributed by atoms with E-state index in [0.29, 0.717) is 57.4 Å². The predicted molar refractivity (Wildman–Crippen MR) is 178 cm³/mol. The third kappa shape index (κ3) is 4.94. The van der Waals surface area contributed by atoms with Crippen LogP contribution in [0.1, 0.15) is 0 Å². The smallest absolute Gasteiger partial charge is 0.249 e. The Morgan fingerprint density at radius 2 is 0.688 bits per heavy atom. The molecule has 2 heterocycles. The number of hydrogen-bond donors (Lipinski definition) is 0. The van der Waals surface area contributed by atoms with E-state index in [0.717, 1.165) is 32.7 Å². The zero-order valence-corrected chi connectivity index (χ0v) is 27.0. The SMILES string of the molecule is COc1cc(-c2nnc(-c3c4ccccc4c(-c4nnc(-c5cc(OC)c(OC)c(OC)c5)o4)c4ccccc34)o2)cc(OC)c1OC. The summed E-state index contributed by atoms with van der Waals surface area (Å²) in [5.41, 5.74) is 2.75. The fourth-order valence-corrected chi connectivity index (χ4v) is 5.88. The summed E-state index contributed by atoms with van der Waals surface area (Å²) in [6.45, 7) is 0. The molecule has 0 fully saturated rings. The predicted octanol–water partition coefficient (Wildman–Crippen LogP) is 7.48. The van der Waals surface area contributed by atoms with Crippen LogP contribution in [0.25, 0.3) is 67.4 Å². The van der Waals surface area contributed by atoms with Crippen molar-refractivity contribution in [3.63, 3.8) is 0 Å². The van der Waals surface area contributed by atoms with E-state index >= 15 is 0 Å². The zero-order valence-electron chi connectivity index (χ0n) is 27.0. The van der Waals surface area contributed by atoms with Gasteiger partial charge in [-0.05, 0) is 45.8 Å². The minimum absolute atomic E-state index is 0.286. The second kappa shape index (κ2) is 12.5. The van der Waals surface area contributed by atoms with Crippen LogP contribution in [0.5, 0.6) is 34.5 Å². The van der Waals surface area contributed by atoms with Gasteiger partial charge in [-0.2, -0.15) is 0 Å². The maximum Gasteiger partial charge on any atom is 0.249 e. The molecule has 2 aromatic heterocycles. The molecule has 0 amide bonds. The summed E-state index contributed by atoms with van der Waals surface area (Å²) in [5.74, 6) is 4.05. The zero-order chi connectivity index (χ0) is 33.4. The molecule has 0 aliphatic heterocycles. The van der Waals surface area contributed by atoms with Crippen LogP contribution in [0.3, 0.4) is 0 Å². The Labute approximate surface area is 274 Å². The lowest BCUT2D eigenvalue weighted by Gasteiger charge is -2.13. The van der Waals surface area contributed by atoms with Gasteiger partial charge < -0.3 is 37.3 Å². The number of rotatable bonds is 10. The van der Waals surface area contributed by atoms with Crippen molar-refractivity contribution < 1.29 is 37.3 Å². The van der Waals surface area contributed by atoms with E-state index < -0.39 is 0 Å². The van der Waals surface area contributed by atoms with Crippen LogP contribution in [-0.2, 0) is 0 Å². The van der Waals surface area contributed by atoms with Crippen molar-refractivity contribution in [1.82, 2.24) is 20.4 Å². The number of aromatic nitrogens is 4. The molecule has 0 N–H and O–H groups in total. The Balaban J connectivity index is 1.39. The summed E-state index contributed by atoms with van der Waals surface area (Å²) < 4.78 is 45.8. The van der Waals surface area contributed by atoms with Crippen molar-refractivity contribution >= 4 is 21.5 Å². The molecule has 0 saturated heterocycles. The number of methoxy groups -OCH3 is 6. The largest absolute Gasteiger partial charge is 0.493 e. The number of hydrogen-bond acceptors (Lipinski definition) is 12. The fraction of sp³-hybridized carbons (Fsp3) is 0.167. The van der Waals surface area contributed by atoms with Gasteiger partial charge in [0.25, 0.3) is 0 Å². The van der Waals surface area contributed by atoms with Gasteiger partial charge in [0.05, 0.1) is 53.8 Å². The molecule has 0 aliphatic carbocycles. The molecule has 5 aromatic carbocycles. The van der Waals surface area contributed by atoms with Gasteiger partial charge in [-0.15, -0.1) is 20.4 Å². The first kappa shape index (κ1) is 30.4. The monoisotopic (exact) mass is 646 g/mol. The Hall–Kier alpha value is -6.30. The van der Waals surface area contributed by atoms with Gasteiger partial charge in [-0.3, -0.25) is 0 Å². The third-order valence-electron chi connectivity index (χ3n) is 8.03. The number of ether oxygens (including phenoxy) is 6. The molecule has 7 aromatic rings. The molecule has 12 nitrogen and oxygen atoms in total. The van der Waals surface area contributed by atoms with Crippen LogP contribution in [0.15, 0.2) is 81.6 Å². The highest BCUT2D eigenvalue weighted by Crippen LogP contribution is 2.46. The van der Waals surface area contributed by atoms with Gasteiger partial charge >= 0.3 is 0 Å². The summed E-state index contributed by atoms with van der Waals surface area (Å²) in [7, 11) is 9.31. The summed E-state index contributed by atoms with van der Waals surface area (Å²) in [6, 6.07) is 22.9. The highest BCUT2D eigenvalue weighted by Gasteiger charge is 2.25. The van der Waals surface area contributed by atoms with Gasteiger partial charge in [0.1, 0.15) is 0 Å². The van der Waals surface area contributed by atoms with E-state index in [4.69, 9.17) is 37.3 Å². The minimum atomic E-state index is 0.286. The van der Waals surface area contributed by atoms with E-state index in [-0.39, 0.29) is 11.8 Å². The van der Waals surface area contributed by atoms with Crippen molar-refractivity contribution in [3.05, 3.63) is 72.8 Å². The number of nitrogens with zero attached hydrogens (tertiary/aromatic N) is 4. The molecule has 0 spiro atoms. The van der Waals surface area contributed by atoms with E-state index in [1.54, 1.807) is 66.9 Å². The van der Waals surface area contributed by atoms with Gasteiger partial charge in [-0.25, -0.2) is 0 Å². The van der Waals surface area contributed by atoms with Crippen LogP contribution in [-0.4, -0.2) is 63.1 Å². The lowest BCUT2D eigenvalue weighted by Crippen LogP contribution is -1.95. The summed E-state index contributed by atoms with van der Waals surface area (Å²) in [6.07, 6.45) is 0. The summed E-state index contributed by atoms with van der Waals surface area (Å²) >= 11 is 0. The fourth-order valence-electron chi connectivity index (χ4n) is 5.88. The van der Waals surface area contributed by atoms with Gasteiger partial charge in [0.15, 0.2) is 23.0 Å². The van der Waals surface area contributed by atoms with E-state index in [2.05, 4.69) is 20.4 Å². The van der Waals surface area contributed by atoms with Crippen LogP contribution < -0.4 is 28.4 Å². The maximum absolute atomic E-state index is 6.36. The second-order valence-electron chi connectivity index (χ2n) is 10.5. The Morgan fingerprint density at radius 3 is 0.958 bits per heavy atom. The van der Waals surface area contributed by atoms with Crippen molar-refractivity contribution in [2.75, 3.05) is 42.7 Å². The van der Waals surface area contributed by atoms with Crippen molar-refractivity contribution in [3.8, 4) is 80.3 Å². The first-order valence-electron chi connectivity index (χ1n) is 14.7. The highest BCUT2D eigenvalue weighted by atomic mass is 16.5. The number of fused-ring (bicyclic) bond motifs is 2. The molecular weight excluding hydrogens is 616 g/mol. The standard InChI is InChI=1S/C36H30N4O8/c1-41-25-15-19(16-26(42-2)31(25)45-5)33-37-39-35(47-33)29-21-11-7-9-13-23(21)30(24-14-10-8-12-22(24)29)36-40-38-34(48-36)20-17-27(43-3)32(46-6)28(18-20)44-4/h7-18H,1-6H3. The van der Waals surface area contributed by atoms with Crippen LogP contribution in [0, 0.1) is 0 Å². The Kier molecular flexibility index (Phi) is 7.89. The van der Waals surface area contributed by atoms with Crippen LogP contribution >= 0.6 is 0 Å². The molecule has 0 aliphatic rings. The maximum atomic E-state index is 6.36. The average molecular weight is 647 g/mol. The lowest BCUT2D eigenvalue weighted by molar-refractivity contribution is 0.324. The van der Waals surface area contributed by atoms with Crippen molar-refractivity contribution in [2.24, 2.45) is 0 Å². The molecular formula is C36H30N4O8. The molecule has 48 heavy (non-hydrogen) atoms. The Morgan fingerprint density at radius 1 is 0.396 bits per heavy atom.